The van der Waals surface area contributed by atoms with Gasteiger partial charge in [0.05, 0.1) is 19.6 Å². The van der Waals surface area contributed by atoms with E-state index in [1.54, 1.807) is 11.8 Å². The van der Waals surface area contributed by atoms with E-state index < -0.39 is 23.9 Å². The molecule has 0 bridgehead atoms. The maximum Gasteiger partial charge on any atom is 0.413 e. The fraction of sp³-hybridized carbons (Fsp3) is 0.700. The summed E-state index contributed by atoms with van der Waals surface area (Å²) in [6.07, 6.45) is -0.786. The van der Waals surface area contributed by atoms with Crippen molar-refractivity contribution in [3.8, 4) is 0 Å². The lowest BCUT2D eigenvalue weighted by Gasteiger charge is -2.40. The van der Waals surface area contributed by atoms with Crippen LogP contribution in [0, 0.1) is 11.8 Å². The molecule has 0 aliphatic carbocycles. The number of rotatable bonds is 4. The summed E-state index contributed by atoms with van der Waals surface area (Å²) in [7, 11) is 1.18. The third kappa shape index (κ3) is 3.70. The van der Waals surface area contributed by atoms with Crippen LogP contribution in [0.4, 0.5) is 4.79 Å². The van der Waals surface area contributed by atoms with Gasteiger partial charge in [0, 0.05) is 13.1 Å². The number of hydrogen-bond donors (Lipinski definition) is 2. The van der Waals surface area contributed by atoms with Crippen molar-refractivity contribution in [2.75, 3.05) is 26.7 Å². The second-order valence-electron chi connectivity index (χ2n) is 4.12. The molecule has 1 fully saturated rings. The standard InChI is InChI=1S/C10H16N2O5/c1-6(9(14)15)7-3-12(4-7)5-8(13)11-10(16)17-2/h6-7H,3-5H2,1-2H3,(H,14,15)(H,11,13,16). The first-order valence-electron chi connectivity index (χ1n) is 5.27. The molecule has 1 atom stereocenters. The lowest BCUT2D eigenvalue weighted by molar-refractivity contribution is -0.145. The molecule has 1 aliphatic rings. The Hall–Kier alpha value is -1.63. The number of methoxy groups -OCH3 is 1. The highest BCUT2D eigenvalue weighted by atomic mass is 16.5. The Morgan fingerprint density at radius 1 is 1.47 bits per heavy atom. The lowest BCUT2D eigenvalue weighted by Crippen LogP contribution is -2.54. The number of amides is 2. The molecule has 7 nitrogen and oxygen atoms in total. The third-order valence-electron chi connectivity index (χ3n) is 2.88. The maximum absolute atomic E-state index is 11.3. The van der Waals surface area contributed by atoms with Crippen molar-refractivity contribution in [1.29, 1.82) is 0 Å². The van der Waals surface area contributed by atoms with Gasteiger partial charge in [-0.05, 0) is 5.92 Å². The summed E-state index contributed by atoms with van der Waals surface area (Å²) >= 11 is 0. The second-order valence-corrected chi connectivity index (χ2v) is 4.12. The van der Waals surface area contributed by atoms with E-state index in [1.807, 2.05) is 5.32 Å². The van der Waals surface area contributed by atoms with Gasteiger partial charge >= 0.3 is 12.1 Å². The van der Waals surface area contributed by atoms with Crippen LogP contribution in [-0.4, -0.2) is 54.7 Å². The molecule has 1 heterocycles. The summed E-state index contributed by atoms with van der Waals surface area (Å²) in [6.45, 7) is 2.85. The van der Waals surface area contributed by atoms with Gasteiger partial charge in [0.25, 0.3) is 0 Å². The molecule has 0 aromatic heterocycles. The van der Waals surface area contributed by atoms with Gasteiger partial charge < -0.3 is 9.84 Å². The second kappa shape index (κ2) is 5.62. The first kappa shape index (κ1) is 13.4. The molecule has 2 N–H and O–H groups in total. The fourth-order valence-corrected chi connectivity index (χ4v) is 1.66. The van der Waals surface area contributed by atoms with Gasteiger partial charge in [-0.1, -0.05) is 6.92 Å². The van der Waals surface area contributed by atoms with Crippen molar-refractivity contribution in [3.63, 3.8) is 0 Å². The van der Waals surface area contributed by atoms with Crippen molar-refractivity contribution >= 4 is 18.0 Å². The van der Waals surface area contributed by atoms with E-state index in [1.165, 1.54) is 7.11 Å². The van der Waals surface area contributed by atoms with Crippen molar-refractivity contribution < 1.29 is 24.2 Å². The summed E-state index contributed by atoms with van der Waals surface area (Å²) in [5, 5.41) is 10.8. The number of carbonyl (C=O) groups is 3. The predicted octanol–water partition coefficient (Wildman–Crippen LogP) is -0.478. The molecule has 7 heteroatoms. The topological polar surface area (TPSA) is 95.9 Å². The highest BCUT2D eigenvalue weighted by Crippen LogP contribution is 2.23. The van der Waals surface area contributed by atoms with Crippen LogP contribution in [0.25, 0.3) is 0 Å². The molecule has 17 heavy (non-hydrogen) atoms. The molecule has 0 radical (unpaired) electrons. The molecule has 0 saturated carbocycles. The number of likely N-dealkylation sites (tertiary alicyclic amines) is 1. The number of hydrogen-bond acceptors (Lipinski definition) is 5. The van der Waals surface area contributed by atoms with Gasteiger partial charge in [0.2, 0.25) is 5.91 Å². The molecule has 2 amide bonds. The van der Waals surface area contributed by atoms with E-state index in [0.717, 1.165) is 0 Å². The van der Waals surface area contributed by atoms with E-state index in [2.05, 4.69) is 4.74 Å². The molecule has 1 rings (SSSR count). The lowest BCUT2D eigenvalue weighted by atomic mass is 9.87. The number of ether oxygens (including phenoxy) is 1. The number of aliphatic carboxylic acids is 1. The molecule has 1 saturated heterocycles. The van der Waals surface area contributed by atoms with E-state index in [4.69, 9.17) is 5.11 Å². The largest absolute Gasteiger partial charge is 0.481 e. The van der Waals surface area contributed by atoms with Crippen LogP contribution in [0.5, 0.6) is 0 Å². The predicted molar refractivity (Wildman–Crippen MR) is 57.3 cm³/mol. The first-order valence-corrected chi connectivity index (χ1v) is 5.27. The van der Waals surface area contributed by atoms with Crippen molar-refractivity contribution in [1.82, 2.24) is 10.2 Å². The van der Waals surface area contributed by atoms with E-state index in [9.17, 15) is 14.4 Å². The average molecular weight is 244 g/mol. The minimum absolute atomic E-state index is 0.0680. The van der Waals surface area contributed by atoms with Gasteiger partial charge in [0.15, 0.2) is 0 Å². The molecule has 0 aromatic rings. The number of carbonyl (C=O) groups excluding carboxylic acids is 2. The van der Waals surface area contributed by atoms with Gasteiger partial charge in [-0.2, -0.15) is 0 Å². The van der Waals surface area contributed by atoms with Crippen LogP contribution in [0.15, 0.2) is 0 Å². The van der Waals surface area contributed by atoms with E-state index in [0.29, 0.717) is 13.1 Å². The quantitative estimate of drug-likeness (QED) is 0.693. The average Bonchev–Trinajstić information content (AvgIpc) is 2.21. The van der Waals surface area contributed by atoms with Crippen LogP contribution in [-0.2, 0) is 14.3 Å². The Morgan fingerprint density at radius 2 is 2.06 bits per heavy atom. The van der Waals surface area contributed by atoms with Crippen LogP contribution >= 0.6 is 0 Å². The summed E-state index contributed by atoms with van der Waals surface area (Å²) in [5.41, 5.74) is 0. The third-order valence-corrected chi connectivity index (χ3v) is 2.88. The molecular weight excluding hydrogens is 228 g/mol. The van der Waals surface area contributed by atoms with Gasteiger partial charge in [-0.15, -0.1) is 0 Å². The van der Waals surface area contributed by atoms with Gasteiger partial charge in [-0.25, -0.2) is 4.79 Å². The van der Waals surface area contributed by atoms with E-state index >= 15 is 0 Å². The maximum atomic E-state index is 11.3. The number of carboxylic acids is 1. The van der Waals surface area contributed by atoms with Crippen molar-refractivity contribution in [2.45, 2.75) is 6.92 Å². The number of nitrogens with one attached hydrogen (secondary N) is 1. The molecular formula is C10H16N2O5. The number of alkyl carbamates (subject to hydrolysis) is 1. The molecule has 0 spiro atoms. The minimum atomic E-state index is -0.825. The Morgan fingerprint density at radius 3 is 2.53 bits per heavy atom. The first-order chi connectivity index (χ1) is 7.93. The normalized spacial score (nSPS) is 18.0. The molecule has 0 aromatic carbocycles. The monoisotopic (exact) mass is 244 g/mol. The molecule has 1 unspecified atom stereocenters. The number of imide groups is 1. The zero-order chi connectivity index (χ0) is 13.0. The number of nitrogens with zero attached hydrogens (tertiary/aromatic N) is 1. The summed E-state index contributed by atoms with van der Waals surface area (Å²) in [4.78, 5) is 34.4. The van der Waals surface area contributed by atoms with E-state index in [-0.39, 0.29) is 12.5 Å². The van der Waals surface area contributed by atoms with Crippen LogP contribution in [0.2, 0.25) is 0 Å². The minimum Gasteiger partial charge on any atom is -0.481 e. The fourth-order valence-electron chi connectivity index (χ4n) is 1.66. The Kier molecular flexibility index (Phi) is 4.45. The number of carboxylic acid groups (broad SMARTS) is 1. The van der Waals surface area contributed by atoms with Crippen LogP contribution in [0.1, 0.15) is 6.92 Å². The Balaban J connectivity index is 2.23. The summed E-state index contributed by atoms with van der Waals surface area (Å²) in [6, 6.07) is 0. The zero-order valence-electron chi connectivity index (χ0n) is 9.80. The Bertz CT molecular complexity index is 325. The van der Waals surface area contributed by atoms with Crippen LogP contribution < -0.4 is 5.32 Å². The summed E-state index contributed by atoms with van der Waals surface area (Å²) < 4.78 is 4.28. The van der Waals surface area contributed by atoms with Gasteiger partial charge in [0.1, 0.15) is 0 Å². The molecule has 1 aliphatic heterocycles. The van der Waals surface area contributed by atoms with Gasteiger partial charge in [-0.3, -0.25) is 19.8 Å². The smallest absolute Gasteiger partial charge is 0.413 e. The van der Waals surface area contributed by atoms with Crippen molar-refractivity contribution in [3.05, 3.63) is 0 Å². The highest BCUT2D eigenvalue weighted by Gasteiger charge is 2.35. The van der Waals surface area contributed by atoms with Crippen molar-refractivity contribution in [2.24, 2.45) is 11.8 Å². The molecule has 96 valence electrons. The highest BCUT2D eigenvalue weighted by molar-refractivity contribution is 5.92. The SMILES string of the molecule is COC(=O)NC(=O)CN1CC(C(C)C(=O)O)C1. The summed E-state index contributed by atoms with van der Waals surface area (Å²) in [5.74, 6) is -1.61. The Labute approximate surface area is 98.7 Å². The van der Waals surface area contributed by atoms with Crippen LogP contribution in [0.3, 0.4) is 0 Å². The zero-order valence-corrected chi connectivity index (χ0v) is 9.80.